The summed E-state index contributed by atoms with van der Waals surface area (Å²) in [5.74, 6) is 0. The van der Waals surface area contributed by atoms with Gasteiger partial charge < -0.3 is 5.32 Å². The van der Waals surface area contributed by atoms with E-state index in [9.17, 15) is 0 Å². The summed E-state index contributed by atoms with van der Waals surface area (Å²) in [6, 6.07) is 17.3. The van der Waals surface area contributed by atoms with E-state index in [0.29, 0.717) is 0 Å². The lowest BCUT2D eigenvalue weighted by Crippen LogP contribution is -2.22. The first kappa shape index (κ1) is 12.9. The third-order valence-corrected chi connectivity index (χ3v) is 3.69. The number of nitrogens with one attached hydrogen (secondary N) is 1. The van der Waals surface area contributed by atoms with Crippen molar-refractivity contribution in [2.45, 2.75) is 19.5 Å². The van der Waals surface area contributed by atoms with Crippen LogP contribution in [0.3, 0.4) is 0 Å². The van der Waals surface area contributed by atoms with E-state index in [0.717, 1.165) is 12.2 Å². The van der Waals surface area contributed by atoms with Crippen LogP contribution < -0.4 is 5.32 Å². The molecule has 1 N–H and O–H groups in total. The topological polar surface area (TPSA) is 29.9 Å². The van der Waals surface area contributed by atoms with Crippen LogP contribution in [0.15, 0.2) is 54.7 Å². The minimum absolute atomic E-state index is 0.250. The summed E-state index contributed by atoms with van der Waals surface area (Å²) in [4.78, 5) is 0. The van der Waals surface area contributed by atoms with Crippen LogP contribution in [-0.4, -0.2) is 16.8 Å². The molecule has 0 aliphatic rings. The summed E-state index contributed by atoms with van der Waals surface area (Å²) >= 11 is 0. The number of nitrogens with zero attached hydrogens (tertiary/aromatic N) is 2. The monoisotopic (exact) mass is 265 g/mol. The minimum Gasteiger partial charge on any atom is -0.311 e. The third kappa shape index (κ3) is 2.45. The molecule has 0 bridgehead atoms. The first-order valence-electron chi connectivity index (χ1n) is 6.93. The molecular weight excluding hydrogens is 246 g/mol. The lowest BCUT2D eigenvalue weighted by molar-refractivity contribution is 0.469. The van der Waals surface area contributed by atoms with Gasteiger partial charge in [-0.25, -0.2) is 0 Å². The molecule has 1 heterocycles. The molecule has 0 aliphatic heterocycles. The van der Waals surface area contributed by atoms with Crippen LogP contribution in [0.1, 0.15) is 17.3 Å². The van der Waals surface area contributed by atoms with E-state index in [-0.39, 0.29) is 6.04 Å². The molecule has 1 aromatic heterocycles. The molecular formula is C17H19N3. The van der Waals surface area contributed by atoms with Crippen molar-refractivity contribution in [3.05, 3.63) is 66.0 Å². The highest BCUT2D eigenvalue weighted by Crippen LogP contribution is 2.25. The Kier molecular flexibility index (Phi) is 3.52. The van der Waals surface area contributed by atoms with E-state index < -0.39 is 0 Å². The summed E-state index contributed by atoms with van der Waals surface area (Å²) in [7, 11) is 2.00. The first-order chi connectivity index (χ1) is 9.78. The zero-order valence-electron chi connectivity index (χ0n) is 11.9. The average molecular weight is 265 g/mol. The molecule has 1 unspecified atom stereocenters. The van der Waals surface area contributed by atoms with Crippen molar-refractivity contribution in [1.29, 1.82) is 0 Å². The molecule has 0 radical (unpaired) electrons. The Morgan fingerprint density at radius 3 is 2.65 bits per heavy atom. The molecule has 3 rings (SSSR count). The quantitative estimate of drug-likeness (QED) is 0.784. The number of aryl methyl sites for hydroxylation is 1. The Labute approximate surface area is 119 Å². The van der Waals surface area contributed by atoms with Crippen LogP contribution in [0.25, 0.3) is 10.8 Å². The van der Waals surface area contributed by atoms with Gasteiger partial charge in [-0.05, 0) is 36.4 Å². The van der Waals surface area contributed by atoms with E-state index in [1.807, 2.05) is 30.9 Å². The average Bonchev–Trinajstić information content (AvgIpc) is 2.89. The Bertz CT molecular complexity index is 710. The summed E-state index contributed by atoms with van der Waals surface area (Å²) in [5, 5.41) is 10.5. The van der Waals surface area contributed by atoms with E-state index in [1.54, 1.807) is 0 Å². The van der Waals surface area contributed by atoms with Crippen molar-refractivity contribution in [1.82, 2.24) is 15.1 Å². The van der Waals surface area contributed by atoms with Crippen molar-refractivity contribution in [3.63, 3.8) is 0 Å². The maximum absolute atomic E-state index is 4.48. The Hall–Kier alpha value is -2.13. The number of fused-ring (bicyclic) bond motifs is 1. The number of likely N-dealkylation sites (N-methyl/N-ethyl adjacent to an activating group) is 1. The lowest BCUT2D eigenvalue weighted by Gasteiger charge is -2.19. The van der Waals surface area contributed by atoms with Gasteiger partial charge in [0.2, 0.25) is 0 Å². The van der Waals surface area contributed by atoms with Gasteiger partial charge in [0, 0.05) is 6.20 Å². The van der Waals surface area contributed by atoms with Crippen LogP contribution >= 0.6 is 0 Å². The van der Waals surface area contributed by atoms with Gasteiger partial charge >= 0.3 is 0 Å². The van der Waals surface area contributed by atoms with Gasteiger partial charge in [0.25, 0.3) is 0 Å². The fraction of sp³-hybridized carbons (Fsp3) is 0.235. The summed E-state index contributed by atoms with van der Waals surface area (Å²) in [6.45, 7) is 2.85. The summed E-state index contributed by atoms with van der Waals surface area (Å²) in [5.41, 5.74) is 2.37. The molecule has 2 aromatic carbocycles. The smallest absolute Gasteiger partial charge is 0.0604 e. The molecule has 3 aromatic rings. The number of aromatic nitrogens is 2. The molecule has 0 aliphatic carbocycles. The highest BCUT2D eigenvalue weighted by atomic mass is 15.3. The van der Waals surface area contributed by atoms with E-state index in [4.69, 9.17) is 0 Å². The van der Waals surface area contributed by atoms with Crippen molar-refractivity contribution in [2.75, 3.05) is 7.05 Å². The van der Waals surface area contributed by atoms with Gasteiger partial charge in [-0.3, -0.25) is 4.68 Å². The zero-order chi connectivity index (χ0) is 13.9. The number of hydrogen-bond acceptors (Lipinski definition) is 2. The Morgan fingerprint density at radius 1 is 1.10 bits per heavy atom. The largest absolute Gasteiger partial charge is 0.311 e. The standard InChI is InChI=1S/C17H19N3/c1-13-10-11-20(19-13)12-17(18-2)16-9-5-7-14-6-3-4-8-15(14)16/h3-11,17-18H,12H2,1-2H3. The van der Waals surface area contributed by atoms with E-state index in [2.05, 4.69) is 52.9 Å². The van der Waals surface area contributed by atoms with Crippen LogP contribution in [0, 0.1) is 6.92 Å². The van der Waals surface area contributed by atoms with Gasteiger partial charge in [0.05, 0.1) is 18.3 Å². The SMILES string of the molecule is CNC(Cn1ccc(C)n1)c1cccc2ccccc12. The molecule has 20 heavy (non-hydrogen) atoms. The predicted octanol–water partition coefficient (Wildman–Crippen LogP) is 3.31. The van der Waals surface area contributed by atoms with Crippen LogP contribution in [0.5, 0.6) is 0 Å². The third-order valence-electron chi connectivity index (χ3n) is 3.69. The van der Waals surface area contributed by atoms with Crippen LogP contribution in [0.4, 0.5) is 0 Å². The maximum Gasteiger partial charge on any atom is 0.0604 e. The normalized spacial score (nSPS) is 12.7. The lowest BCUT2D eigenvalue weighted by atomic mass is 9.99. The fourth-order valence-corrected chi connectivity index (χ4v) is 2.65. The van der Waals surface area contributed by atoms with Crippen molar-refractivity contribution in [2.24, 2.45) is 0 Å². The van der Waals surface area contributed by atoms with Crippen molar-refractivity contribution < 1.29 is 0 Å². The van der Waals surface area contributed by atoms with Gasteiger partial charge in [0.1, 0.15) is 0 Å². The Balaban J connectivity index is 1.98. The fourth-order valence-electron chi connectivity index (χ4n) is 2.65. The molecule has 1 atom stereocenters. The van der Waals surface area contributed by atoms with Crippen molar-refractivity contribution in [3.8, 4) is 0 Å². The molecule has 0 amide bonds. The Morgan fingerprint density at radius 2 is 1.90 bits per heavy atom. The molecule has 0 fully saturated rings. The second-order valence-corrected chi connectivity index (χ2v) is 5.09. The van der Waals surface area contributed by atoms with Crippen molar-refractivity contribution >= 4 is 10.8 Å². The van der Waals surface area contributed by atoms with E-state index >= 15 is 0 Å². The molecule has 3 heteroatoms. The highest BCUT2D eigenvalue weighted by molar-refractivity contribution is 5.86. The molecule has 0 spiro atoms. The highest BCUT2D eigenvalue weighted by Gasteiger charge is 2.13. The number of rotatable bonds is 4. The second kappa shape index (κ2) is 5.47. The molecule has 102 valence electrons. The minimum atomic E-state index is 0.250. The number of benzene rings is 2. The summed E-state index contributed by atoms with van der Waals surface area (Å²) < 4.78 is 2.00. The molecule has 0 saturated carbocycles. The second-order valence-electron chi connectivity index (χ2n) is 5.09. The summed E-state index contributed by atoms with van der Waals surface area (Å²) in [6.07, 6.45) is 2.03. The van der Waals surface area contributed by atoms with Gasteiger partial charge in [-0.15, -0.1) is 0 Å². The van der Waals surface area contributed by atoms with Crippen LogP contribution in [-0.2, 0) is 6.54 Å². The van der Waals surface area contributed by atoms with E-state index in [1.165, 1.54) is 16.3 Å². The van der Waals surface area contributed by atoms with Gasteiger partial charge in [-0.1, -0.05) is 42.5 Å². The predicted molar refractivity (Wildman–Crippen MR) is 82.7 cm³/mol. The molecule has 0 saturated heterocycles. The maximum atomic E-state index is 4.48. The van der Waals surface area contributed by atoms with Crippen LogP contribution in [0.2, 0.25) is 0 Å². The number of hydrogen-bond donors (Lipinski definition) is 1. The van der Waals surface area contributed by atoms with Gasteiger partial charge in [0.15, 0.2) is 0 Å². The first-order valence-corrected chi connectivity index (χ1v) is 6.93. The van der Waals surface area contributed by atoms with Gasteiger partial charge in [-0.2, -0.15) is 5.10 Å². The molecule has 3 nitrogen and oxygen atoms in total. The zero-order valence-corrected chi connectivity index (χ0v) is 11.9.